The summed E-state index contributed by atoms with van der Waals surface area (Å²) >= 11 is 0. The maximum atomic E-state index is 5.73. The van der Waals surface area contributed by atoms with Crippen LogP contribution in [0.3, 0.4) is 0 Å². The Labute approximate surface area is 120 Å². The van der Waals surface area contributed by atoms with E-state index in [0.717, 1.165) is 18.8 Å². The van der Waals surface area contributed by atoms with Crippen LogP contribution in [0.2, 0.25) is 0 Å². The number of furan rings is 1. The molecule has 0 bridgehead atoms. The highest BCUT2D eigenvalue weighted by molar-refractivity contribution is 5.44. The van der Waals surface area contributed by atoms with E-state index in [1.54, 1.807) is 10.9 Å². The van der Waals surface area contributed by atoms with Gasteiger partial charge in [0, 0.05) is 24.9 Å². The molecule has 3 aromatic rings. The highest BCUT2D eigenvalue weighted by Crippen LogP contribution is 2.26. The van der Waals surface area contributed by atoms with Crippen LogP contribution in [0, 0.1) is 0 Å². The summed E-state index contributed by atoms with van der Waals surface area (Å²) in [5.74, 6) is 2.68. The minimum atomic E-state index is 0.223. The van der Waals surface area contributed by atoms with Crippen LogP contribution >= 0.6 is 0 Å². The third-order valence-electron chi connectivity index (χ3n) is 3.49. The molecule has 0 N–H and O–H groups in total. The van der Waals surface area contributed by atoms with Gasteiger partial charge in [-0.05, 0) is 24.6 Å². The zero-order valence-corrected chi connectivity index (χ0v) is 11.3. The Morgan fingerprint density at radius 3 is 3.14 bits per heavy atom. The van der Waals surface area contributed by atoms with Crippen molar-refractivity contribution in [1.29, 1.82) is 0 Å². The van der Waals surface area contributed by atoms with Crippen molar-refractivity contribution in [3.8, 4) is 11.7 Å². The van der Waals surface area contributed by atoms with Crippen LogP contribution < -0.4 is 0 Å². The highest BCUT2D eigenvalue weighted by atomic mass is 16.5. The zero-order valence-electron chi connectivity index (χ0n) is 11.3. The number of aromatic nitrogens is 4. The number of ether oxygens (including phenoxy) is 1. The van der Waals surface area contributed by atoms with E-state index in [2.05, 4.69) is 15.2 Å². The van der Waals surface area contributed by atoms with Gasteiger partial charge < -0.3 is 13.7 Å². The quantitative estimate of drug-likeness (QED) is 0.730. The Morgan fingerprint density at radius 2 is 2.33 bits per heavy atom. The monoisotopic (exact) mass is 286 g/mol. The molecule has 1 atom stereocenters. The normalized spacial score (nSPS) is 18.4. The lowest BCUT2D eigenvalue weighted by atomic mass is 10.1. The van der Waals surface area contributed by atoms with Crippen LogP contribution in [0.4, 0.5) is 0 Å². The van der Waals surface area contributed by atoms with E-state index in [4.69, 9.17) is 13.7 Å². The fourth-order valence-electron chi connectivity index (χ4n) is 2.37. The lowest BCUT2D eigenvalue weighted by Crippen LogP contribution is -1.99. The van der Waals surface area contributed by atoms with Crippen LogP contribution in [-0.4, -0.2) is 33.1 Å². The lowest BCUT2D eigenvalue weighted by Gasteiger charge is -1.97. The van der Waals surface area contributed by atoms with E-state index in [0.29, 0.717) is 30.6 Å². The van der Waals surface area contributed by atoms with Crippen LogP contribution in [0.5, 0.6) is 0 Å². The fourth-order valence-corrected chi connectivity index (χ4v) is 2.37. The van der Waals surface area contributed by atoms with Gasteiger partial charge in [0.2, 0.25) is 0 Å². The molecule has 0 saturated carbocycles. The Hall–Kier alpha value is -2.41. The predicted molar refractivity (Wildman–Crippen MR) is 71.5 cm³/mol. The van der Waals surface area contributed by atoms with Gasteiger partial charge in [0.25, 0.3) is 5.89 Å². The van der Waals surface area contributed by atoms with Crippen molar-refractivity contribution >= 4 is 0 Å². The Morgan fingerprint density at radius 1 is 1.33 bits per heavy atom. The van der Waals surface area contributed by atoms with Crippen LogP contribution in [0.1, 0.15) is 23.9 Å². The van der Waals surface area contributed by atoms with Gasteiger partial charge in [-0.3, -0.25) is 4.68 Å². The van der Waals surface area contributed by atoms with Gasteiger partial charge in [0.15, 0.2) is 11.6 Å². The molecule has 4 heterocycles. The first-order valence-corrected chi connectivity index (χ1v) is 6.86. The van der Waals surface area contributed by atoms with Crippen LogP contribution in [0.15, 0.2) is 39.5 Å². The second-order valence-corrected chi connectivity index (χ2v) is 4.99. The van der Waals surface area contributed by atoms with E-state index in [-0.39, 0.29) is 5.92 Å². The van der Waals surface area contributed by atoms with E-state index in [9.17, 15) is 0 Å². The Bertz CT molecular complexity index is 710. The smallest absolute Gasteiger partial charge is 0.293 e. The Kier molecular flexibility index (Phi) is 3.04. The average Bonchev–Trinajstić information content (AvgIpc) is 3.28. The molecule has 108 valence electrons. The third-order valence-corrected chi connectivity index (χ3v) is 3.49. The summed E-state index contributed by atoms with van der Waals surface area (Å²) in [6, 6.07) is 5.60. The predicted octanol–water partition coefficient (Wildman–Crippen LogP) is 2.08. The maximum absolute atomic E-state index is 5.73. The van der Waals surface area contributed by atoms with Crippen molar-refractivity contribution in [3.63, 3.8) is 0 Å². The maximum Gasteiger partial charge on any atom is 0.293 e. The van der Waals surface area contributed by atoms with Gasteiger partial charge in [-0.15, -0.1) is 0 Å². The van der Waals surface area contributed by atoms with Crippen LogP contribution in [0.25, 0.3) is 11.7 Å². The molecule has 7 heteroatoms. The second-order valence-electron chi connectivity index (χ2n) is 4.99. The minimum absolute atomic E-state index is 0.223. The zero-order chi connectivity index (χ0) is 14.1. The number of hydrogen-bond acceptors (Lipinski definition) is 6. The van der Waals surface area contributed by atoms with Gasteiger partial charge in [-0.25, -0.2) is 0 Å². The van der Waals surface area contributed by atoms with Gasteiger partial charge in [0.1, 0.15) is 5.76 Å². The molecule has 0 amide bonds. The van der Waals surface area contributed by atoms with Crippen molar-refractivity contribution in [2.24, 2.45) is 0 Å². The van der Waals surface area contributed by atoms with Gasteiger partial charge in [0.05, 0.1) is 13.2 Å². The summed E-state index contributed by atoms with van der Waals surface area (Å²) in [5, 5.41) is 8.16. The molecule has 0 aliphatic carbocycles. The fraction of sp³-hybridized carbons (Fsp3) is 0.357. The van der Waals surface area contributed by atoms with Crippen molar-refractivity contribution in [1.82, 2.24) is 19.9 Å². The molecule has 0 spiro atoms. The molecule has 1 saturated heterocycles. The van der Waals surface area contributed by atoms with E-state index in [1.807, 2.05) is 24.4 Å². The molecule has 21 heavy (non-hydrogen) atoms. The molecule has 0 aromatic carbocycles. The van der Waals surface area contributed by atoms with E-state index >= 15 is 0 Å². The molecule has 7 nitrogen and oxygen atoms in total. The molecule has 1 aliphatic rings. The van der Waals surface area contributed by atoms with Crippen molar-refractivity contribution in [3.05, 3.63) is 42.2 Å². The number of hydrogen-bond donors (Lipinski definition) is 0. The number of rotatable bonds is 4. The van der Waals surface area contributed by atoms with Crippen molar-refractivity contribution in [2.45, 2.75) is 18.9 Å². The van der Waals surface area contributed by atoms with Crippen molar-refractivity contribution in [2.75, 3.05) is 13.2 Å². The summed E-state index contributed by atoms with van der Waals surface area (Å²) in [6.07, 6.45) is 4.55. The number of nitrogens with zero attached hydrogens (tertiary/aromatic N) is 4. The largest absolute Gasteiger partial charge is 0.454 e. The van der Waals surface area contributed by atoms with E-state index < -0.39 is 0 Å². The molecule has 1 aliphatic heterocycles. The molecule has 4 rings (SSSR count). The highest BCUT2D eigenvalue weighted by Gasteiger charge is 2.24. The molecule has 0 radical (unpaired) electrons. The molecule has 0 unspecified atom stereocenters. The lowest BCUT2D eigenvalue weighted by molar-refractivity contribution is 0.192. The van der Waals surface area contributed by atoms with Gasteiger partial charge >= 0.3 is 0 Å². The van der Waals surface area contributed by atoms with E-state index in [1.165, 1.54) is 0 Å². The SMILES string of the molecule is c1cnn(Cc2ccc(-c3nc([C@@H]4CCOC4)no3)o2)c1. The van der Waals surface area contributed by atoms with Crippen molar-refractivity contribution < 1.29 is 13.7 Å². The average molecular weight is 286 g/mol. The second kappa shape index (κ2) is 5.17. The standard InChI is InChI=1S/C14H14N4O3/c1-5-15-18(6-1)8-11-2-3-12(20-11)14-16-13(17-21-14)10-4-7-19-9-10/h1-3,5-6,10H,4,7-9H2/t10-/m1/s1. The summed E-state index contributed by atoms with van der Waals surface area (Å²) in [5.41, 5.74) is 0. The third kappa shape index (κ3) is 2.47. The molecule has 1 fully saturated rings. The minimum Gasteiger partial charge on any atom is -0.454 e. The first-order valence-electron chi connectivity index (χ1n) is 6.86. The van der Waals surface area contributed by atoms with Gasteiger partial charge in [-0.1, -0.05) is 5.16 Å². The first kappa shape index (κ1) is 12.3. The first-order chi connectivity index (χ1) is 10.4. The summed E-state index contributed by atoms with van der Waals surface area (Å²) in [6.45, 7) is 1.98. The summed E-state index contributed by atoms with van der Waals surface area (Å²) in [4.78, 5) is 4.40. The van der Waals surface area contributed by atoms with Gasteiger partial charge in [-0.2, -0.15) is 10.1 Å². The topological polar surface area (TPSA) is 79.1 Å². The molecule has 3 aromatic heterocycles. The summed E-state index contributed by atoms with van der Waals surface area (Å²) in [7, 11) is 0. The summed E-state index contributed by atoms with van der Waals surface area (Å²) < 4.78 is 18.1. The van der Waals surface area contributed by atoms with Crippen LogP contribution in [-0.2, 0) is 11.3 Å². The Balaban J connectivity index is 1.52. The molecular weight excluding hydrogens is 272 g/mol. The molecular formula is C14H14N4O3.